The van der Waals surface area contributed by atoms with Crippen LogP contribution in [0.15, 0.2) is 67.2 Å². The summed E-state index contributed by atoms with van der Waals surface area (Å²) in [5, 5.41) is 0.572. The van der Waals surface area contributed by atoms with Gasteiger partial charge in [-0.25, -0.2) is 0 Å². The highest BCUT2D eigenvalue weighted by Gasteiger charge is 2.34. The standard InChI is InChI=1S/C18H14BrClN2O3S2/c1-2-22-17(23)16(11-12-3-5-13(19)6-4-12)26-18(22)21-27(24,25)15-9-7-14(20)8-10-15/h3-11H,2H2,1H3. The molecule has 0 radical (unpaired) electrons. The first-order chi connectivity index (χ1) is 12.8. The number of halogens is 2. The van der Waals surface area contributed by atoms with Crippen LogP contribution in [0, 0.1) is 0 Å². The normalized spacial score (nSPS) is 17.9. The second-order valence-corrected chi connectivity index (χ2v) is 9.48. The summed E-state index contributed by atoms with van der Waals surface area (Å²) in [6.45, 7) is 2.09. The van der Waals surface area contributed by atoms with Gasteiger partial charge in [-0.2, -0.15) is 8.42 Å². The maximum Gasteiger partial charge on any atom is 0.284 e. The fourth-order valence-corrected chi connectivity index (χ4v) is 4.96. The quantitative estimate of drug-likeness (QED) is 0.584. The van der Waals surface area contributed by atoms with Crippen LogP contribution in [0.4, 0.5) is 0 Å². The number of sulfonamides is 1. The van der Waals surface area contributed by atoms with Gasteiger partial charge in [0.2, 0.25) is 0 Å². The van der Waals surface area contributed by atoms with Crippen molar-refractivity contribution in [2.24, 2.45) is 4.40 Å². The lowest BCUT2D eigenvalue weighted by Gasteiger charge is -2.11. The molecule has 0 aromatic heterocycles. The van der Waals surface area contributed by atoms with Crippen molar-refractivity contribution in [3.8, 4) is 0 Å². The van der Waals surface area contributed by atoms with Crippen LogP contribution in [0.3, 0.4) is 0 Å². The van der Waals surface area contributed by atoms with E-state index in [1.54, 1.807) is 13.0 Å². The van der Waals surface area contributed by atoms with Crippen molar-refractivity contribution in [2.45, 2.75) is 11.8 Å². The number of hydrogen-bond acceptors (Lipinski definition) is 4. The van der Waals surface area contributed by atoms with Crippen LogP contribution in [0.2, 0.25) is 5.02 Å². The molecule has 140 valence electrons. The Balaban J connectivity index is 1.95. The summed E-state index contributed by atoms with van der Waals surface area (Å²) in [5.74, 6) is -0.268. The van der Waals surface area contributed by atoms with Crippen molar-refractivity contribution >= 4 is 66.5 Å². The molecule has 0 atom stereocenters. The minimum absolute atomic E-state index is 0.0221. The lowest BCUT2D eigenvalue weighted by molar-refractivity contribution is -0.122. The first kappa shape index (κ1) is 20.1. The molecule has 0 saturated carbocycles. The predicted molar refractivity (Wildman–Crippen MR) is 113 cm³/mol. The van der Waals surface area contributed by atoms with Gasteiger partial charge < -0.3 is 0 Å². The van der Waals surface area contributed by atoms with Crippen molar-refractivity contribution in [3.05, 3.63) is 68.5 Å². The largest absolute Gasteiger partial charge is 0.286 e. The van der Waals surface area contributed by atoms with Crippen LogP contribution in [0.1, 0.15) is 12.5 Å². The number of benzene rings is 2. The van der Waals surface area contributed by atoms with E-state index in [-0.39, 0.29) is 16.0 Å². The molecule has 0 aliphatic carbocycles. The average molecular weight is 486 g/mol. The van der Waals surface area contributed by atoms with Gasteiger partial charge in [0, 0.05) is 16.0 Å². The van der Waals surface area contributed by atoms with Gasteiger partial charge in [-0.05, 0) is 66.7 Å². The molecule has 1 amide bonds. The third-order valence-electron chi connectivity index (χ3n) is 3.68. The van der Waals surface area contributed by atoms with Crippen molar-refractivity contribution in [3.63, 3.8) is 0 Å². The fourth-order valence-electron chi connectivity index (χ4n) is 2.33. The van der Waals surface area contributed by atoms with Crippen LogP contribution in [0.25, 0.3) is 6.08 Å². The van der Waals surface area contributed by atoms with Crippen LogP contribution >= 0.6 is 39.3 Å². The summed E-state index contributed by atoms with van der Waals surface area (Å²) in [5.41, 5.74) is 0.840. The smallest absolute Gasteiger partial charge is 0.284 e. The lowest BCUT2D eigenvalue weighted by atomic mass is 10.2. The van der Waals surface area contributed by atoms with E-state index in [9.17, 15) is 13.2 Å². The van der Waals surface area contributed by atoms with E-state index in [0.29, 0.717) is 16.5 Å². The van der Waals surface area contributed by atoms with Crippen molar-refractivity contribution in [1.29, 1.82) is 0 Å². The van der Waals surface area contributed by atoms with E-state index >= 15 is 0 Å². The third kappa shape index (κ3) is 4.63. The van der Waals surface area contributed by atoms with E-state index in [4.69, 9.17) is 11.6 Å². The number of carbonyl (C=O) groups excluding carboxylic acids is 1. The van der Waals surface area contributed by atoms with E-state index in [1.165, 1.54) is 29.2 Å². The number of hydrogen-bond donors (Lipinski definition) is 0. The summed E-state index contributed by atoms with van der Waals surface area (Å²) >= 11 is 10.2. The fraction of sp³-hybridized carbons (Fsp3) is 0.111. The number of carbonyl (C=O) groups is 1. The Bertz CT molecular complexity index is 1030. The molecule has 9 heteroatoms. The van der Waals surface area contributed by atoms with E-state index in [2.05, 4.69) is 20.3 Å². The summed E-state index contributed by atoms with van der Waals surface area (Å²) in [6, 6.07) is 13.2. The zero-order chi connectivity index (χ0) is 19.6. The highest BCUT2D eigenvalue weighted by Crippen LogP contribution is 2.33. The molecule has 2 aromatic carbocycles. The van der Waals surface area contributed by atoms with Crippen LogP contribution in [0.5, 0.6) is 0 Å². The molecular formula is C18H14BrClN2O3S2. The summed E-state index contributed by atoms with van der Waals surface area (Å²) in [4.78, 5) is 14.4. The highest BCUT2D eigenvalue weighted by atomic mass is 79.9. The summed E-state index contributed by atoms with van der Waals surface area (Å²) in [6.07, 6.45) is 1.72. The number of likely N-dealkylation sites (N-methyl/N-ethyl adjacent to an activating group) is 1. The van der Waals surface area contributed by atoms with Crippen molar-refractivity contribution in [1.82, 2.24) is 4.90 Å². The predicted octanol–water partition coefficient (Wildman–Crippen LogP) is 4.78. The maximum absolute atomic E-state index is 12.6. The van der Waals surface area contributed by atoms with Crippen LogP contribution in [-0.4, -0.2) is 30.9 Å². The van der Waals surface area contributed by atoms with Gasteiger partial charge in [0.1, 0.15) is 0 Å². The number of thioether (sulfide) groups is 1. The first-order valence-corrected chi connectivity index (χ1v) is 11.3. The zero-order valence-electron chi connectivity index (χ0n) is 14.1. The monoisotopic (exact) mass is 484 g/mol. The molecule has 0 N–H and O–H groups in total. The average Bonchev–Trinajstić information content (AvgIpc) is 2.91. The molecule has 3 rings (SSSR count). The molecule has 2 aromatic rings. The third-order valence-corrected chi connectivity index (χ3v) is 6.87. The van der Waals surface area contributed by atoms with E-state index in [0.717, 1.165) is 21.8 Å². The number of rotatable bonds is 4. The van der Waals surface area contributed by atoms with Crippen molar-refractivity contribution in [2.75, 3.05) is 6.54 Å². The van der Waals surface area contributed by atoms with Gasteiger partial charge in [-0.3, -0.25) is 9.69 Å². The van der Waals surface area contributed by atoms with Gasteiger partial charge in [-0.15, -0.1) is 4.40 Å². The Morgan fingerprint density at radius 2 is 1.78 bits per heavy atom. The minimum atomic E-state index is -3.95. The molecule has 1 aliphatic rings. The molecule has 1 heterocycles. The Kier molecular flexibility index (Phi) is 6.10. The first-order valence-electron chi connectivity index (χ1n) is 7.87. The van der Waals surface area contributed by atoms with Gasteiger partial charge in [0.05, 0.1) is 9.80 Å². The van der Waals surface area contributed by atoms with Crippen LogP contribution in [-0.2, 0) is 14.8 Å². The Morgan fingerprint density at radius 3 is 2.37 bits per heavy atom. The Labute approximate surface area is 175 Å². The topological polar surface area (TPSA) is 66.8 Å². The molecule has 1 aliphatic heterocycles. The molecule has 5 nitrogen and oxygen atoms in total. The Hall–Kier alpha value is -1.61. The number of amidine groups is 1. The molecular weight excluding hydrogens is 472 g/mol. The minimum Gasteiger partial charge on any atom is -0.286 e. The van der Waals surface area contributed by atoms with Gasteiger partial charge in [-0.1, -0.05) is 39.7 Å². The van der Waals surface area contributed by atoms with E-state index < -0.39 is 10.0 Å². The molecule has 0 bridgehead atoms. The maximum atomic E-state index is 12.6. The summed E-state index contributed by atoms with van der Waals surface area (Å²) in [7, 11) is -3.95. The van der Waals surface area contributed by atoms with Gasteiger partial charge in [0.25, 0.3) is 15.9 Å². The highest BCUT2D eigenvalue weighted by molar-refractivity contribution is 9.10. The summed E-state index contributed by atoms with van der Waals surface area (Å²) < 4.78 is 29.9. The number of nitrogens with zero attached hydrogens (tertiary/aromatic N) is 2. The SMILES string of the molecule is CCN1C(=O)C(=Cc2ccc(Br)cc2)SC1=NS(=O)(=O)c1ccc(Cl)cc1. The lowest BCUT2D eigenvalue weighted by Crippen LogP contribution is -2.29. The van der Waals surface area contributed by atoms with Gasteiger partial charge in [0.15, 0.2) is 5.17 Å². The second-order valence-electron chi connectivity index (χ2n) is 5.51. The second kappa shape index (κ2) is 8.18. The number of amides is 1. The molecule has 1 fully saturated rings. The zero-order valence-corrected chi connectivity index (χ0v) is 18.1. The van der Waals surface area contributed by atoms with Gasteiger partial charge >= 0.3 is 0 Å². The molecule has 0 unspecified atom stereocenters. The van der Waals surface area contributed by atoms with Crippen molar-refractivity contribution < 1.29 is 13.2 Å². The van der Waals surface area contributed by atoms with Crippen LogP contribution < -0.4 is 0 Å². The van der Waals surface area contributed by atoms with E-state index in [1.807, 2.05) is 24.3 Å². The Morgan fingerprint density at radius 1 is 1.15 bits per heavy atom. The molecule has 1 saturated heterocycles. The molecule has 27 heavy (non-hydrogen) atoms. The molecule has 0 spiro atoms.